The number of carbonyl (C=O) groups is 2. The first kappa shape index (κ1) is 21.2. The van der Waals surface area contributed by atoms with Gasteiger partial charge >= 0.3 is 12.1 Å². The van der Waals surface area contributed by atoms with E-state index < -0.39 is 18.1 Å². The van der Waals surface area contributed by atoms with Gasteiger partial charge in [-0.3, -0.25) is 0 Å². The summed E-state index contributed by atoms with van der Waals surface area (Å²) >= 11 is 0. The average Bonchev–Trinajstić information content (AvgIpc) is 2.69. The van der Waals surface area contributed by atoms with Crippen molar-refractivity contribution in [2.45, 2.75) is 77.2 Å². The van der Waals surface area contributed by atoms with Crippen LogP contribution in [0, 0.1) is 5.92 Å². The summed E-state index contributed by atoms with van der Waals surface area (Å²) in [5.41, 5.74) is 1.11. The maximum absolute atomic E-state index is 12.4. The van der Waals surface area contributed by atoms with Crippen molar-refractivity contribution in [3.05, 3.63) is 35.9 Å². The van der Waals surface area contributed by atoms with E-state index in [9.17, 15) is 9.59 Å². The molecule has 0 radical (unpaired) electrons. The van der Waals surface area contributed by atoms with Crippen molar-refractivity contribution >= 4 is 12.1 Å². The molecule has 0 spiro atoms. The molecule has 0 bridgehead atoms. The number of amides is 1. The number of esters is 1. The lowest BCUT2D eigenvalue weighted by Gasteiger charge is -2.31. The summed E-state index contributed by atoms with van der Waals surface area (Å²) in [6.07, 6.45) is 3.37. The van der Waals surface area contributed by atoms with Crippen molar-refractivity contribution in [2.75, 3.05) is 0 Å². The molecule has 1 heterocycles. The summed E-state index contributed by atoms with van der Waals surface area (Å²) in [5, 5.41) is 11.2. The third-order valence-electron chi connectivity index (χ3n) is 5.14. The highest BCUT2D eigenvalue weighted by atomic mass is 16.5. The molecule has 2 N–H and O–H groups in total. The highest BCUT2D eigenvalue weighted by Crippen LogP contribution is 2.29. The third kappa shape index (κ3) is 6.86. The zero-order valence-corrected chi connectivity index (χ0v) is 16.2. The van der Waals surface area contributed by atoms with Crippen LogP contribution in [0.15, 0.2) is 30.3 Å². The van der Waals surface area contributed by atoms with Crippen LogP contribution in [0.3, 0.4) is 0 Å². The Morgan fingerprint density at radius 2 is 2.04 bits per heavy atom. The van der Waals surface area contributed by atoms with Crippen LogP contribution >= 0.6 is 0 Å². The highest BCUT2D eigenvalue weighted by molar-refractivity contribution is 5.80. The van der Waals surface area contributed by atoms with Crippen LogP contribution < -0.4 is 5.32 Å². The van der Waals surface area contributed by atoms with E-state index in [1.807, 2.05) is 37.3 Å². The molecule has 1 aliphatic heterocycles. The van der Waals surface area contributed by atoms with E-state index in [0.717, 1.165) is 31.2 Å². The van der Waals surface area contributed by atoms with Crippen molar-refractivity contribution in [3.63, 3.8) is 0 Å². The van der Waals surface area contributed by atoms with E-state index >= 15 is 0 Å². The summed E-state index contributed by atoms with van der Waals surface area (Å²) in [4.78, 5) is 23.3. The van der Waals surface area contributed by atoms with Gasteiger partial charge in [0.1, 0.15) is 12.1 Å². The lowest BCUT2D eigenvalue weighted by atomic mass is 9.88. The molecule has 2 rings (SSSR count). The molecule has 1 aromatic rings. The molecule has 150 valence electrons. The Morgan fingerprint density at radius 3 is 2.70 bits per heavy atom. The van der Waals surface area contributed by atoms with Crippen molar-refractivity contribution in [1.82, 2.24) is 5.32 Å². The van der Waals surface area contributed by atoms with Gasteiger partial charge in [0.15, 0.2) is 0 Å². The quantitative estimate of drug-likeness (QED) is 0.698. The second kappa shape index (κ2) is 10.9. The van der Waals surface area contributed by atoms with Crippen molar-refractivity contribution in [3.8, 4) is 0 Å². The molecule has 1 fully saturated rings. The zero-order valence-electron chi connectivity index (χ0n) is 16.2. The van der Waals surface area contributed by atoms with E-state index in [4.69, 9.17) is 14.6 Å². The number of cyclic esters (lactones) is 1. The Bertz CT molecular complexity index is 591. The van der Waals surface area contributed by atoms with Gasteiger partial charge in [0.05, 0.1) is 12.7 Å². The van der Waals surface area contributed by atoms with Gasteiger partial charge in [0.2, 0.25) is 0 Å². The molecule has 6 heteroatoms. The van der Waals surface area contributed by atoms with Gasteiger partial charge in [0, 0.05) is 5.92 Å². The second-order valence-electron chi connectivity index (χ2n) is 7.22. The molecule has 0 aromatic heterocycles. The second-order valence-corrected chi connectivity index (χ2v) is 7.22. The molecule has 1 aliphatic rings. The third-order valence-corrected chi connectivity index (χ3v) is 5.14. The van der Waals surface area contributed by atoms with Gasteiger partial charge in [0.25, 0.3) is 0 Å². The number of ether oxygens (including phenoxy) is 2. The Balaban J connectivity index is 2.10. The number of carbonyl (C=O) groups excluding carboxylic acids is 1. The number of carboxylic acid groups (broad SMARTS) is 1. The fourth-order valence-electron chi connectivity index (χ4n) is 3.64. The van der Waals surface area contributed by atoms with Crippen LogP contribution in [0.4, 0.5) is 4.79 Å². The number of benzene rings is 1. The normalized spacial score (nSPS) is 26.4. The molecule has 1 aromatic carbocycles. The standard InChI is InChI=1S/C21H31NO5/c1-3-4-11-17-15(2)27-20(23)18(22-21(24)25)12-8-13-19(17)26-14-16-9-6-5-7-10-16/h5-7,9-10,15,17-19,22H,3-4,8,11-14H2,1-2H3,(H,24,25)/t15-,17-,18-,19-/m0/s1. The smallest absolute Gasteiger partial charge is 0.405 e. The van der Waals surface area contributed by atoms with Gasteiger partial charge in [-0.2, -0.15) is 0 Å². The molecule has 1 amide bonds. The van der Waals surface area contributed by atoms with E-state index in [2.05, 4.69) is 12.2 Å². The number of hydrogen-bond acceptors (Lipinski definition) is 4. The predicted octanol–water partition coefficient (Wildman–Crippen LogP) is 4.13. The van der Waals surface area contributed by atoms with Crippen LogP contribution in [0.25, 0.3) is 0 Å². The molecular weight excluding hydrogens is 346 g/mol. The Hall–Kier alpha value is -2.08. The predicted molar refractivity (Wildman–Crippen MR) is 102 cm³/mol. The number of rotatable bonds is 7. The van der Waals surface area contributed by atoms with Gasteiger partial charge < -0.3 is 19.9 Å². The molecule has 6 nitrogen and oxygen atoms in total. The molecule has 4 atom stereocenters. The van der Waals surface area contributed by atoms with Gasteiger partial charge in [-0.05, 0) is 38.2 Å². The van der Waals surface area contributed by atoms with E-state index in [1.165, 1.54) is 0 Å². The van der Waals surface area contributed by atoms with Crippen molar-refractivity contribution < 1.29 is 24.2 Å². The maximum Gasteiger partial charge on any atom is 0.405 e. The number of nitrogens with one attached hydrogen (secondary N) is 1. The minimum atomic E-state index is -1.21. The lowest BCUT2D eigenvalue weighted by molar-refractivity contribution is -0.156. The largest absolute Gasteiger partial charge is 0.465 e. The Kier molecular flexibility index (Phi) is 8.58. The summed E-state index contributed by atoms with van der Waals surface area (Å²) in [6, 6.07) is 9.21. The molecular formula is C21H31NO5. The minimum absolute atomic E-state index is 0.0249. The van der Waals surface area contributed by atoms with Crippen molar-refractivity contribution in [1.29, 1.82) is 0 Å². The summed E-state index contributed by atoms with van der Waals surface area (Å²) < 4.78 is 11.9. The first-order chi connectivity index (χ1) is 13.0. The minimum Gasteiger partial charge on any atom is -0.465 e. The topological polar surface area (TPSA) is 84.9 Å². The van der Waals surface area contributed by atoms with E-state index in [-0.39, 0.29) is 18.1 Å². The van der Waals surface area contributed by atoms with E-state index in [0.29, 0.717) is 19.4 Å². The summed E-state index contributed by atoms with van der Waals surface area (Å²) in [5.74, 6) is -0.392. The van der Waals surface area contributed by atoms with Gasteiger partial charge in [-0.25, -0.2) is 9.59 Å². The molecule has 0 saturated carbocycles. The van der Waals surface area contributed by atoms with E-state index in [1.54, 1.807) is 0 Å². The van der Waals surface area contributed by atoms with Crippen LogP contribution in [-0.2, 0) is 20.9 Å². The Morgan fingerprint density at radius 1 is 1.30 bits per heavy atom. The number of hydrogen-bond donors (Lipinski definition) is 2. The number of unbranched alkanes of at least 4 members (excludes halogenated alkanes) is 1. The van der Waals surface area contributed by atoms with Crippen LogP contribution in [0.1, 0.15) is 57.9 Å². The lowest BCUT2D eigenvalue weighted by Crippen LogP contribution is -2.42. The molecule has 27 heavy (non-hydrogen) atoms. The fourth-order valence-corrected chi connectivity index (χ4v) is 3.64. The SMILES string of the molecule is CCCC[C@H]1[C@H](C)OC(=O)[C@@H](NC(=O)O)CCC[C@@H]1OCc1ccccc1. The van der Waals surface area contributed by atoms with Crippen LogP contribution in [-0.4, -0.2) is 35.4 Å². The maximum atomic E-state index is 12.4. The Labute approximate surface area is 161 Å². The van der Waals surface area contributed by atoms with Crippen LogP contribution in [0.5, 0.6) is 0 Å². The monoisotopic (exact) mass is 377 g/mol. The molecule has 1 saturated heterocycles. The molecule has 0 aliphatic carbocycles. The summed E-state index contributed by atoms with van der Waals surface area (Å²) in [6.45, 7) is 4.55. The van der Waals surface area contributed by atoms with Gasteiger partial charge in [-0.15, -0.1) is 0 Å². The molecule has 0 unspecified atom stereocenters. The fraction of sp³-hybridized carbons (Fsp3) is 0.619. The highest BCUT2D eigenvalue weighted by Gasteiger charge is 2.34. The first-order valence-corrected chi connectivity index (χ1v) is 9.86. The summed E-state index contributed by atoms with van der Waals surface area (Å²) in [7, 11) is 0. The van der Waals surface area contributed by atoms with Gasteiger partial charge in [-0.1, -0.05) is 50.1 Å². The average molecular weight is 377 g/mol. The zero-order chi connectivity index (χ0) is 19.6. The van der Waals surface area contributed by atoms with Crippen molar-refractivity contribution in [2.24, 2.45) is 5.92 Å². The van der Waals surface area contributed by atoms with Crippen LogP contribution in [0.2, 0.25) is 0 Å². The first-order valence-electron chi connectivity index (χ1n) is 9.86.